The molecule has 1 fully saturated rings. The van der Waals surface area contributed by atoms with Crippen molar-refractivity contribution in [3.63, 3.8) is 0 Å². The highest BCUT2D eigenvalue weighted by Crippen LogP contribution is 2.35. The van der Waals surface area contributed by atoms with E-state index in [0.29, 0.717) is 37.8 Å². The molecule has 30 heavy (non-hydrogen) atoms. The minimum Gasteiger partial charge on any atom is -0.378 e. The van der Waals surface area contributed by atoms with Gasteiger partial charge in [0.2, 0.25) is 0 Å². The van der Waals surface area contributed by atoms with Crippen molar-refractivity contribution in [3.8, 4) is 11.4 Å². The van der Waals surface area contributed by atoms with Gasteiger partial charge >= 0.3 is 0 Å². The predicted octanol–water partition coefficient (Wildman–Crippen LogP) is 1.09. The largest absolute Gasteiger partial charge is 0.378 e. The fourth-order valence-electron chi connectivity index (χ4n) is 3.91. The fourth-order valence-corrected chi connectivity index (χ4v) is 3.91. The van der Waals surface area contributed by atoms with Gasteiger partial charge in [-0.15, -0.1) is 0 Å². The Balaban J connectivity index is 1.71. The first-order valence-corrected chi connectivity index (χ1v) is 9.96. The second kappa shape index (κ2) is 6.99. The molecule has 0 radical (unpaired) electrons. The van der Waals surface area contributed by atoms with E-state index in [1.165, 1.54) is 0 Å². The molecule has 0 spiro atoms. The monoisotopic (exact) mass is 409 g/mol. The number of hydrogen-bond donors (Lipinski definition) is 1. The summed E-state index contributed by atoms with van der Waals surface area (Å²) in [6.45, 7) is 8.02. The van der Waals surface area contributed by atoms with Crippen molar-refractivity contribution in [3.05, 3.63) is 29.8 Å². The number of morpholine rings is 1. The van der Waals surface area contributed by atoms with Crippen molar-refractivity contribution >= 4 is 22.9 Å². The molecule has 0 aliphatic carbocycles. The number of pyridine rings is 1. The van der Waals surface area contributed by atoms with Gasteiger partial charge in [-0.1, -0.05) is 0 Å². The summed E-state index contributed by atoms with van der Waals surface area (Å²) >= 11 is 0. The number of amides is 1. The molecule has 0 bridgehead atoms. The summed E-state index contributed by atoms with van der Waals surface area (Å²) in [6.07, 6.45) is 1.57. The molecule has 0 aromatic carbocycles. The Labute approximate surface area is 173 Å². The summed E-state index contributed by atoms with van der Waals surface area (Å²) in [5.41, 5.74) is 7.24. The first kappa shape index (κ1) is 18.9. The van der Waals surface area contributed by atoms with Crippen LogP contribution < -0.4 is 10.6 Å². The van der Waals surface area contributed by atoms with E-state index < -0.39 is 11.5 Å². The van der Waals surface area contributed by atoms with Crippen molar-refractivity contribution in [1.29, 1.82) is 0 Å². The van der Waals surface area contributed by atoms with Gasteiger partial charge in [-0.3, -0.25) is 9.78 Å². The number of primary amides is 1. The van der Waals surface area contributed by atoms with Gasteiger partial charge in [0.15, 0.2) is 22.8 Å². The molecule has 0 atom stereocenters. The van der Waals surface area contributed by atoms with E-state index in [1.807, 2.05) is 13.8 Å². The van der Waals surface area contributed by atoms with Crippen LogP contribution in [0.2, 0.25) is 0 Å². The Kier molecular flexibility index (Phi) is 4.40. The number of nitrogens with two attached hydrogens (primary N) is 1. The van der Waals surface area contributed by atoms with Crippen LogP contribution in [0.5, 0.6) is 0 Å². The van der Waals surface area contributed by atoms with Crippen LogP contribution in [-0.2, 0) is 21.6 Å². The molecule has 0 unspecified atom stereocenters. The summed E-state index contributed by atoms with van der Waals surface area (Å²) in [5.74, 6) is 1.57. The molecule has 5 heterocycles. The molecule has 3 aromatic heterocycles. The van der Waals surface area contributed by atoms with E-state index in [0.717, 1.165) is 35.9 Å². The van der Waals surface area contributed by atoms with E-state index in [4.69, 9.17) is 30.2 Å². The minimum atomic E-state index is -0.570. The summed E-state index contributed by atoms with van der Waals surface area (Å²) in [4.78, 5) is 32.3. The summed E-state index contributed by atoms with van der Waals surface area (Å²) < 4.78 is 13.6. The second-order valence-electron chi connectivity index (χ2n) is 7.88. The van der Waals surface area contributed by atoms with Gasteiger partial charge in [-0.2, -0.15) is 0 Å². The third kappa shape index (κ3) is 3.08. The Hall–Kier alpha value is -3.11. The quantitative estimate of drug-likeness (QED) is 0.682. The maximum atomic E-state index is 11.4. The van der Waals surface area contributed by atoms with Crippen molar-refractivity contribution in [2.45, 2.75) is 26.0 Å². The number of hydrogen-bond acceptors (Lipinski definition) is 8. The smallest absolute Gasteiger partial charge is 0.267 e. The highest BCUT2D eigenvalue weighted by Gasteiger charge is 2.34. The lowest BCUT2D eigenvalue weighted by atomic mass is 10.1. The standard InChI is InChI=1S/C20H23N7O3/c1-20(2)19-23-14-17(26-5-8-29-9-6-26)24-16(25-18(14)27(19)7-10-30-20)12-3-4-13(15(21)28)22-11-12/h3-4,11H,5-10H2,1-2H3,(H2,21,28). The Morgan fingerprint density at radius 3 is 2.60 bits per heavy atom. The van der Waals surface area contributed by atoms with Crippen molar-refractivity contribution < 1.29 is 14.3 Å². The Morgan fingerprint density at radius 2 is 1.90 bits per heavy atom. The number of carbonyl (C=O) groups is 1. The zero-order valence-electron chi connectivity index (χ0n) is 17.0. The molecule has 2 aliphatic rings. The molecule has 1 amide bonds. The van der Waals surface area contributed by atoms with Crippen LogP contribution in [0.25, 0.3) is 22.6 Å². The van der Waals surface area contributed by atoms with E-state index in [9.17, 15) is 4.79 Å². The number of rotatable bonds is 3. The SMILES string of the molecule is CC1(C)OCCn2c1nc1c(N3CCOCC3)nc(-c3ccc(C(N)=O)nc3)nc12. The van der Waals surface area contributed by atoms with Crippen molar-refractivity contribution in [1.82, 2.24) is 24.5 Å². The molecular weight excluding hydrogens is 386 g/mol. The highest BCUT2D eigenvalue weighted by atomic mass is 16.5. The average molecular weight is 409 g/mol. The third-order valence-electron chi connectivity index (χ3n) is 5.48. The van der Waals surface area contributed by atoms with Gasteiger partial charge in [0.1, 0.15) is 17.1 Å². The molecule has 2 N–H and O–H groups in total. The van der Waals surface area contributed by atoms with Crippen LogP contribution in [0.1, 0.15) is 30.2 Å². The number of carbonyl (C=O) groups excluding carboxylic acids is 1. The van der Waals surface area contributed by atoms with Crippen LogP contribution in [-0.4, -0.2) is 63.3 Å². The Morgan fingerprint density at radius 1 is 1.10 bits per heavy atom. The summed E-state index contributed by atoms with van der Waals surface area (Å²) in [6, 6.07) is 3.35. The summed E-state index contributed by atoms with van der Waals surface area (Å²) in [7, 11) is 0. The molecule has 2 aliphatic heterocycles. The van der Waals surface area contributed by atoms with E-state index in [2.05, 4.69) is 14.5 Å². The molecule has 10 nitrogen and oxygen atoms in total. The number of imidazole rings is 1. The zero-order valence-corrected chi connectivity index (χ0v) is 17.0. The Bertz CT molecular complexity index is 1120. The normalized spacial score (nSPS) is 18.4. The van der Waals surface area contributed by atoms with Crippen molar-refractivity contribution in [2.24, 2.45) is 5.73 Å². The average Bonchev–Trinajstić information content (AvgIpc) is 3.14. The lowest BCUT2D eigenvalue weighted by Gasteiger charge is -2.30. The van der Waals surface area contributed by atoms with E-state index in [1.54, 1.807) is 18.3 Å². The molecule has 1 saturated heterocycles. The number of nitrogens with zero attached hydrogens (tertiary/aromatic N) is 6. The maximum Gasteiger partial charge on any atom is 0.267 e. The van der Waals surface area contributed by atoms with Crippen LogP contribution in [0.3, 0.4) is 0 Å². The molecule has 5 rings (SSSR count). The highest BCUT2D eigenvalue weighted by molar-refractivity contribution is 5.91. The first-order valence-electron chi connectivity index (χ1n) is 9.96. The van der Waals surface area contributed by atoms with Crippen LogP contribution in [0.4, 0.5) is 5.82 Å². The number of aromatic nitrogens is 5. The lowest BCUT2D eigenvalue weighted by Crippen LogP contribution is -2.37. The van der Waals surface area contributed by atoms with Gasteiger partial charge in [0.05, 0.1) is 19.8 Å². The first-order chi connectivity index (χ1) is 14.4. The van der Waals surface area contributed by atoms with Crippen molar-refractivity contribution in [2.75, 3.05) is 37.8 Å². The second-order valence-corrected chi connectivity index (χ2v) is 7.88. The van der Waals surface area contributed by atoms with Crippen LogP contribution in [0.15, 0.2) is 18.3 Å². The van der Waals surface area contributed by atoms with Gasteiger partial charge in [0, 0.05) is 31.4 Å². The molecule has 156 valence electrons. The lowest BCUT2D eigenvalue weighted by molar-refractivity contribution is -0.0530. The van der Waals surface area contributed by atoms with Crippen LogP contribution >= 0.6 is 0 Å². The predicted molar refractivity (Wildman–Crippen MR) is 109 cm³/mol. The molecular formula is C20H23N7O3. The number of fused-ring (bicyclic) bond motifs is 3. The van der Waals surface area contributed by atoms with Gasteiger partial charge in [-0.25, -0.2) is 15.0 Å². The van der Waals surface area contributed by atoms with Gasteiger partial charge in [-0.05, 0) is 26.0 Å². The number of anilines is 1. The third-order valence-corrected chi connectivity index (χ3v) is 5.48. The molecule has 3 aromatic rings. The number of ether oxygens (including phenoxy) is 2. The van der Waals surface area contributed by atoms with E-state index in [-0.39, 0.29) is 5.69 Å². The molecule has 10 heteroatoms. The topological polar surface area (TPSA) is 121 Å². The zero-order chi connectivity index (χ0) is 20.9. The molecule has 0 saturated carbocycles. The van der Waals surface area contributed by atoms with Crippen LogP contribution in [0, 0.1) is 0 Å². The van der Waals surface area contributed by atoms with E-state index >= 15 is 0 Å². The maximum absolute atomic E-state index is 11.4. The fraction of sp³-hybridized carbons (Fsp3) is 0.450. The van der Waals surface area contributed by atoms with Gasteiger partial charge in [0.25, 0.3) is 5.91 Å². The minimum absolute atomic E-state index is 0.203. The van der Waals surface area contributed by atoms with Gasteiger partial charge < -0.3 is 24.7 Å². The summed E-state index contributed by atoms with van der Waals surface area (Å²) in [5, 5.41) is 0.